The summed E-state index contributed by atoms with van der Waals surface area (Å²) in [5.41, 5.74) is 5.11. The maximum Gasteiger partial charge on any atom is 0.320 e. The highest BCUT2D eigenvalue weighted by atomic mass is 16.5. The molecule has 11 heavy (non-hydrogen) atoms. The Kier molecular flexibility index (Phi) is 4.12. The first-order valence-corrected chi connectivity index (χ1v) is 3.10. The lowest BCUT2D eigenvalue weighted by Gasteiger charge is -2.03. The fraction of sp³-hybridized carbons (Fsp3) is 0.800. The van der Waals surface area contributed by atoms with E-state index in [9.17, 15) is 10.0 Å². The van der Waals surface area contributed by atoms with Gasteiger partial charge in [0.2, 0.25) is 0 Å². The van der Waals surface area contributed by atoms with E-state index in [0.29, 0.717) is 4.86 Å². The Morgan fingerprint density at radius 2 is 2.45 bits per heavy atom. The van der Waals surface area contributed by atoms with E-state index in [4.69, 9.17) is 10.8 Å². The lowest BCUT2D eigenvalue weighted by molar-refractivity contribution is -0.528. The summed E-state index contributed by atoms with van der Waals surface area (Å²) in [6, 6.07) is -0.979. The quantitative estimate of drug-likeness (QED) is 0.326. The van der Waals surface area contributed by atoms with Crippen LogP contribution < -0.4 is 5.73 Å². The normalized spacial score (nSPS) is 14.5. The second-order valence-electron chi connectivity index (χ2n) is 2.01. The summed E-state index contributed by atoms with van der Waals surface area (Å²) in [4.78, 5) is 10.5. The van der Waals surface area contributed by atoms with Gasteiger partial charge in [0, 0.05) is 6.42 Å². The van der Waals surface area contributed by atoms with Crippen molar-refractivity contribution in [1.82, 2.24) is 0 Å². The van der Waals surface area contributed by atoms with Gasteiger partial charge in [-0.1, -0.05) is 4.86 Å². The first-order valence-electron chi connectivity index (χ1n) is 3.10. The minimum Gasteiger partial charge on any atom is -0.600 e. The number of carboxylic acids is 1. The van der Waals surface area contributed by atoms with E-state index in [1.165, 1.54) is 7.05 Å². The molecule has 0 spiro atoms. The second kappa shape index (κ2) is 4.62. The molecule has 0 saturated heterocycles. The summed E-state index contributed by atoms with van der Waals surface area (Å²) >= 11 is 0. The van der Waals surface area contributed by atoms with Crippen LogP contribution in [0.2, 0.25) is 0 Å². The minimum atomic E-state index is -1.10. The average molecular weight is 161 g/mol. The summed E-state index contributed by atoms with van der Waals surface area (Å²) in [5, 5.41) is 22.0. The molecule has 0 heterocycles. The van der Waals surface area contributed by atoms with Crippen molar-refractivity contribution in [3.63, 3.8) is 0 Å². The summed E-state index contributed by atoms with van der Waals surface area (Å²) in [5.74, 6) is -1.10. The number of hydroxylamine groups is 1. The van der Waals surface area contributed by atoms with Crippen LogP contribution in [-0.4, -0.2) is 35.6 Å². The fourth-order valence-corrected chi connectivity index (χ4v) is 0.473. The topological polar surface area (TPSA) is 102 Å². The predicted molar refractivity (Wildman–Crippen MR) is 37.1 cm³/mol. The Labute approximate surface area is 63.9 Å². The smallest absolute Gasteiger partial charge is 0.320 e. The maximum atomic E-state index is 10.4. The number of rotatable bonds is 4. The Bertz CT molecular complexity index is 168. The monoisotopic (exact) mass is 161 g/mol. The van der Waals surface area contributed by atoms with Crippen LogP contribution in [-0.2, 0) is 4.79 Å². The zero-order chi connectivity index (χ0) is 8.85. The highest BCUT2D eigenvalue weighted by Gasteiger charge is 2.12. The standard InChI is InChI=1S/C5H11N3O3/c1-7-8(11)3-2-4(6)5(9)10/h4H,2-3,6H2,1H3,(H,9,10). The van der Waals surface area contributed by atoms with Gasteiger partial charge in [0.05, 0.1) is 7.05 Å². The lowest BCUT2D eigenvalue weighted by atomic mass is 10.2. The Balaban J connectivity index is 3.62. The van der Waals surface area contributed by atoms with Gasteiger partial charge < -0.3 is 16.0 Å². The summed E-state index contributed by atoms with van der Waals surface area (Å²) in [6.07, 6.45) is 0.107. The van der Waals surface area contributed by atoms with Crippen molar-refractivity contribution in [2.24, 2.45) is 10.8 Å². The molecule has 0 saturated carbocycles. The van der Waals surface area contributed by atoms with Crippen molar-refractivity contribution in [1.29, 1.82) is 0 Å². The summed E-state index contributed by atoms with van der Waals surface area (Å²) in [6.45, 7) is 0.0178. The van der Waals surface area contributed by atoms with Gasteiger partial charge in [-0.05, 0) is 5.11 Å². The number of nitrogens with zero attached hydrogens (tertiary/aromatic N) is 2. The van der Waals surface area contributed by atoms with E-state index in [1.807, 2.05) is 0 Å². The number of azo groups is 1. The first-order chi connectivity index (χ1) is 5.07. The average Bonchev–Trinajstić information content (AvgIpc) is 1.99. The third kappa shape index (κ3) is 4.26. The van der Waals surface area contributed by atoms with Crippen molar-refractivity contribution in [2.75, 3.05) is 13.6 Å². The summed E-state index contributed by atoms with van der Waals surface area (Å²) in [7, 11) is 1.33. The lowest BCUT2D eigenvalue weighted by Crippen LogP contribution is -2.32. The van der Waals surface area contributed by atoms with Gasteiger partial charge in [-0.25, -0.2) is 0 Å². The van der Waals surface area contributed by atoms with Gasteiger partial charge in [-0.2, -0.15) is 0 Å². The van der Waals surface area contributed by atoms with E-state index in [0.717, 1.165) is 0 Å². The van der Waals surface area contributed by atoms with E-state index in [-0.39, 0.29) is 13.0 Å². The van der Waals surface area contributed by atoms with E-state index >= 15 is 0 Å². The highest BCUT2D eigenvalue weighted by Crippen LogP contribution is 1.88. The van der Waals surface area contributed by atoms with Crippen molar-refractivity contribution in [3.8, 4) is 0 Å². The van der Waals surface area contributed by atoms with Crippen LogP contribution in [0.4, 0.5) is 0 Å². The molecule has 0 aliphatic heterocycles. The molecule has 0 radical (unpaired) electrons. The predicted octanol–water partition coefficient (Wildman–Crippen LogP) is -0.619. The number of hydrogen-bond acceptors (Lipinski definition) is 4. The maximum absolute atomic E-state index is 10.4. The Hall–Kier alpha value is -1.17. The number of carbonyl (C=O) groups is 1. The molecule has 0 aromatic rings. The Morgan fingerprint density at radius 3 is 2.82 bits per heavy atom. The fourth-order valence-electron chi connectivity index (χ4n) is 0.473. The molecule has 0 aliphatic carbocycles. The molecule has 0 amide bonds. The van der Waals surface area contributed by atoms with E-state index < -0.39 is 12.0 Å². The molecule has 64 valence electrons. The molecule has 0 rings (SSSR count). The zero-order valence-corrected chi connectivity index (χ0v) is 6.23. The minimum absolute atomic E-state index is 0.0178. The highest BCUT2D eigenvalue weighted by molar-refractivity contribution is 5.72. The van der Waals surface area contributed by atoms with Crippen LogP contribution in [0.5, 0.6) is 0 Å². The molecule has 1 unspecified atom stereocenters. The summed E-state index contributed by atoms with van der Waals surface area (Å²) < 4.78 is 0. The molecule has 0 aromatic carbocycles. The molecule has 1 atom stereocenters. The largest absolute Gasteiger partial charge is 0.600 e. The van der Waals surface area contributed by atoms with Gasteiger partial charge in [0.25, 0.3) is 0 Å². The van der Waals surface area contributed by atoms with Crippen LogP contribution >= 0.6 is 0 Å². The molecule has 6 nitrogen and oxygen atoms in total. The van der Waals surface area contributed by atoms with Gasteiger partial charge in [0.15, 0.2) is 6.54 Å². The first kappa shape index (κ1) is 9.83. The van der Waals surface area contributed by atoms with Crippen LogP contribution in [0.3, 0.4) is 0 Å². The number of carboxylic acid groups (broad SMARTS) is 1. The molecule has 3 N–H and O–H groups in total. The molecule has 6 heteroatoms. The van der Waals surface area contributed by atoms with Crippen LogP contribution in [0.15, 0.2) is 5.11 Å². The molecule has 0 aromatic heterocycles. The Morgan fingerprint density at radius 1 is 1.91 bits per heavy atom. The van der Waals surface area contributed by atoms with Crippen LogP contribution in [0.25, 0.3) is 0 Å². The molecule has 0 bridgehead atoms. The SMILES string of the molecule is CN=[N+]([O-])CCC(N)C(=O)O. The van der Waals surface area contributed by atoms with E-state index in [2.05, 4.69) is 5.11 Å². The third-order valence-electron chi connectivity index (χ3n) is 1.17. The van der Waals surface area contributed by atoms with Gasteiger partial charge >= 0.3 is 5.97 Å². The van der Waals surface area contributed by atoms with Crippen molar-refractivity contribution in [3.05, 3.63) is 5.21 Å². The van der Waals surface area contributed by atoms with Crippen molar-refractivity contribution in [2.45, 2.75) is 12.5 Å². The number of aliphatic carboxylic acids is 1. The van der Waals surface area contributed by atoms with Gasteiger partial charge in [-0.3, -0.25) is 4.79 Å². The molecular formula is C5H11N3O3. The van der Waals surface area contributed by atoms with Crippen molar-refractivity contribution >= 4 is 5.97 Å². The van der Waals surface area contributed by atoms with Crippen LogP contribution in [0, 0.1) is 5.21 Å². The van der Waals surface area contributed by atoms with Crippen molar-refractivity contribution < 1.29 is 14.8 Å². The third-order valence-corrected chi connectivity index (χ3v) is 1.17. The molecular weight excluding hydrogens is 150 g/mol. The molecule has 0 fully saturated rings. The molecule has 0 aliphatic rings. The second-order valence-corrected chi connectivity index (χ2v) is 2.01. The number of hydrogen-bond donors (Lipinski definition) is 2. The van der Waals surface area contributed by atoms with Crippen LogP contribution in [0.1, 0.15) is 6.42 Å². The number of nitrogens with two attached hydrogens (primary N) is 1. The van der Waals surface area contributed by atoms with Gasteiger partial charge in [-0.15, -0.1) is 0 Å². The zero-order valence-electron chi connectivity index (χ0n) is 6.23. The van der Waals surface area contributed by atoms with Gasteiger partial charge in [0.1, 0.15) is 6.04 Å². The van der Waals surface area contributed by atoms with E-state index in [1.54, 1.807) is 0 Å².